The van der Waals surface area contributed by atoms with Gasteiger partial charge in [0.25, 0.3) is 0 Å². The predicted octanol–water partition coefficient (Wildman–Crippen LogP) is 3.57. The van der Waals surface area contributed by atoms with E-state index in [1.54, 1.807) is 6.20 Å². The molecule has 0 aliphatic carbocycles. The molecular weight excluding hydrogens is 400 g/mol. The summed E-state index contributed by atoms with van der Waals surface area (Å²) in [5.41, 5.74) is 7.86. The fraction of sp³-hybridized carbons (Fsp3) is 0.471. The summed E-state index contributed by atoms with van der Waals surface area (Å²) < 4.78 is 0.906. The van der Waals surface area contributed by atoms with Crippen molar-refractivity contribution in [2.75, 3.05) is 18.0 Å². The van der Waals surface area contributed by atoms with Gasteiger partial charge >= 0.3 is 6.09 Å². The summed E-state index contributed by atoms with van der Waals surface area (Å²) in [6.07, 6.45) is 8.39. The molecule has 0 unspecified atom stereocenters. The van der Waals surface area contributed by atoms with Gasteiger partial charge in [-0.2, -0.15) is 0 Å². The molecule has 8 nitrogen and oxygen atoms in total. The molecule has 4 N–H and O–H groups in total. The highest BCUT2D eigenvalue weighted by atomic mass is 79.9. The molecule has 1 fully saturated rings. The lowest BCUT2D eigenvalue weighted by molar-refractivity contribution is 0.185. The molecule has 26 heavy (non-hydrogen) atoms. The van der Waals surface area contributed by atoms with Gasteiger partial charge in [0, 0.05) is 37.7 Å². The van der Waals surface area contributed by atoms with Gasteiger partial charge in [-0.3, -0.25) is 10.4 Å². The molecule has 0 radical (unpaired) electrons. The third-order valence-corrected chi connectivity index (χ3v) is 4.96. The van der Waals surface area contributed by atoms with Crippen molar-refractivity contribution < 1.29 is 9.90 Å². The SMILES string of the molecule is CCCC=Nc1c[nH]c2ncc(Br)c(N3CCC[C@@H](NNC(=O)O)C3)c12. The smallest absolute Gasteiger partial charge is 0.419 e. The van der Waals surface area contributed by atoms with Crippen LogP contribution in [0.2, 0.25) is 0 Å². The number of fused-ring (bicyclic) bond motifs is 1. The van der Waals surface area contributed by atoms with Crippen LogP contribution in [0.1, 0.15) is 32.6 Å². The van der Waals surface area contributed by atoms with Crippen molar-refractivity contribution in [3.8, 4) is 0 Å². The van der Waals surface area contributed by atoms with E-state index < -0.39 is 6.09 Å². The van der Waals surface area contributed by atoms with Crippen molar-refractivity contribution in [2.45, 2.75) is 38.6 Å². The Hall–Kier alpha value is -2.13. The van der Waals surface area contributed by atoms with Crippen LogP contribution in [0.5, 0.6) is 0 Å². The normalized spacial score (nSPS) is 17.9. The van der Waals surface area contributed by atoms with Crippen molar-refractivity contribution in [1.29, 1.82) is 0 Å². The highest BCUT2D eigenvalue weighted by molar-refractivity contribution is 9.10. The number of pyridine rings is 1. The molecule has 1 saturated heterocycles. The molecule has 140 valence electrons. The second-order valence-corrected chi connectivity index (χ2v) is 7.17. The minimum Gasteiger partial charge on any atom is -0.464 e. The van der Waals surface area contributed by atoms with E-state index in [0.29, 0.717) is 6.54 Å². The maximum absolute atomic E-state index is 10.7. The molecule has 3 heterocycles. The zero-order valence-electron chi connectivity index (χ0n) is 14.6. The average molecular weight is 423 g/mol. The minimum atomic E-state index is -1.08. The number of carbonyl (C=O) groups is 1. The molecule has 1 aliphatic heterocycles. The molecule has 2 aromatic rings. The van der Waals surface area contributed by atoms with Crippen LogP contribution in [0, 0.1) is 0 Å². The first-order chi connectivity index (χ1) is 12.6. The molecule has 0 bridgehead atoms. The number of carboxylic acid groups (broad SMARTS) is 1. The van der Waals surface area contributed by atoms with Gasteiger partial charge in [0.2, 0.25) is 0 Å². The van der Waals surface area contributed by atoms with Crippen molar-refractivity contribution in [3.63, 3.8) is 0 Å². The summed E-state index contributed by atoms with van der Waals surface area (Å²) in [7, 11) is 0. The molecule has 2 aromatic heterocycles. The second-order valence-electron chi connectivity index (χ2n) is 6.31. The summed E-state index contributed by atoms with van der Waals surface area (Å²) in [5.74, 6) is 0. The van der Waals surface area contributed by atoms with E-state index in [9.17, 15) is 4.79 Å². The van der Waals surface area contributed by atoms with Crippen LogP contribution >= 0.6 is 15.9 Å². The number of anilines is 1. The number of nitrogens with one attached hydrogen (secondary N) is 3. The van der Waals surface area contributed by atoms with Crippen LogP contribution in [0.15, 0.2) is 21.9 Å². The van der Waals surface area contributed by atoms with Gasteiger partial charge in [-0.05, 0) is 35.2 Å². The van der Waals surface area contributed by atoms with E-state index in [1.165, 1.54) is 0 Å². The minimum absolute atomic E-state index is 0.0425. The van der Waals surface area contributed by atoms with Crippen LogP contribution in [0.4, 0.5) is 16.2 Å². The first-order valence-corrected chi connectivity index (χ1v) is 9.57. The van der Waals surface area contributed by atoms with Gasteiger partial charge in [-0.15, -0.1) is 0 Å². The number of amides is 1. The Morgan fingerprint density at radius 3 is 3.23 bits per heavy atom. The third-order valence-electron chi connectivity index (χ3n) is 4.38. The zero-order chi connectivity index (χ0) is 18.5. The van der Waals surface area contributed by atoms with Crippen LogP contribution in [-0.4, -0.2) is 46.5 Å². The molecule has 9 heteroatoms. The maximum Gasteiger partial charge on any atom is 0.419 e. The Morgan fingerprint density at radius 2 is 2.46 bits per heavy atom. The number of unbranched alkanes of at least 4 members (excludes halogenated alkanes) is 1. The number of aromatic nitrogens is 2. The van der Waals surface area contributed by atoms with Gasteiger partial charge in [0.1, 0.15) is 5.65 Å². The molecule has 0 saturated carbocycles. The summed E-state index contributed by atoms with van der Waals surface area (Å²) >= 11 is 3.64. The molecule has 1 aliphatic rings. The van der Waals surface area contributed by atoms with Crippen molar-refractivity contribution in [1.82, 2.24) is 20.8 Å². The zero-order valence-corrected chi connectivity index (χ0v) is 16.2. The molecule has 0 spiro atoms. The molecular formula is C17H23BrN6O2. The van der Waals surface area contributed by atoms with Crippen molar-refractivity contribution >= 4 is 50.6 Å². The van der Waals surface area contributed by atoms with Gasteiger partial charge in [-0.1, -0.05) is 13.3 Å². The van der Waals surface area contributed by atoms with E-state index in [2.05, 4.69) is 53.6 Å². The first-order valence-electron chi connectivity index (χ1n) is 8.77. The van der Waals surface area contributed by atoms with Gasteiger partial charge in [-0.25, -0.2) is 15.2 Å². The average Bonchev–Trinajstić information content (AvgIpc) is 3.03. The highest BCUT2D eigenvalue weighted by Crippen LogP contribution is 2.39. The molecule has 0 aromatic carbocycles. The number of nitrogens with zero attached hydrogens (tertiary/aromatic N) is 3. The summed E-state index contributed by atoms with van der Waals surface area (Å²) in [5, 5.41) is 9.79. The van der Waals surface area contributed by atoms with E-state index in [1.807, 2.05) is 12.4 Å². The Morgan fingerprint density at radius 1 is 1.62 bits per heavy atom. The quantitative estimate of drug-likeness (QED) is 0.420. The number of rotatable bonds is 6. The number of H-pyrrole nitrogens is 1. The Kier molecular flexibility index (Phi) is 6.10. The lowest BCUT2D eigenvalue weighted by Crippen LogP contribution is -2.52. The number of hydrogen-bond acceptors (Lipinski definition) is 5. The lowest BCUT2D eigenvalue weighted by atomic mass is 10.0. The van der Waals surface area contributed by atoms with Crippen LogP contribution in [-0.2, 0) is 0 Å². The van der Waals surface area contributed by atoms with E-state index in [-0.39, 0.29) is 6.04 Å². The number of hydrazine groups is 1. The Bertz CT molecular complexity index is 806. The van der Waals surface area contributed by atoms with Crippen LogP contribution < -0.4 is 15.8 Å². The molecule has 3 rings (SSSR count). The summed E-state index contributed by atoms with van der Waals surface area (Å²) in [6, 6.07) is 0.0425. The van der Waals surface area contributed by atoms with Gasteiger partial charge < -0.3 is 15.0 Å². The monoisotopic (exact) mass is 422 g/mol. The molecule has 1 amide bonds. The van der Waals surface area contributed by atoms with Crippen molar-refractivity contribution in [3.05, 3.63) is 16.9 Å². The Balaban J connectivity index is 1.91. The fourth-order valence-electron chi connectivity index (χ4n) is 3.20. The number of aliphatic imine (C=N–C) groups is 1. The van der Waals surface area contributed by atoms with E-state index >= 15 is 0 Å². The number of piperidine rings is 1. The van der Waals surface area contributed by atoms with Gasteiger partial charge in [0.05, 0.1) is 21.2 Å². The number of aromatic amines is 1. The standard InChI is InChI=1S/C17H23BrN6O2/c1-2-3-6-19-13-9-21-16-14(13)15(12(18)8-20-16)24-7-4-5-11(10-24)22-23-17(25)26/h6,8-9,11,22-23H,2-5,7,10H2,1H3,(H,20,21)(H,25,26)/t11-/m1/s1. The van der Waals surface area contributed by atoms with Crippen LogP contribution in [0.3, 0.4) is 0 Å². The van der Waals surface area contributed by atoms with Crippen molar-refractivity contribution in [2.24, 2.45) is 4.99 Å². The largest absolute Gasteiger partial charge is 0.464 e. The predicted molar refractivity (Wildman–Crippen MR) is 106 cm³/mol. The maximum atomic E-state index is 10.7. The van der Waals surface area contributed by atoms with E-state index in [4.69, 9.17) is 5.11 Å². The molecule has 1 atom stereocenters. The van der Waals surface area contributed by atoms with E-state index in [0.717, 1.165) is 59.1 Å². The first kappa shape index (κ1) is 18.7. The second kappa shape index (κ2) is 8.50. The summed E-state index contributed by atoms with van der Waals surface area (Å²) in [4.78, 5) is 25.2. The third kappa shape index (κ3) is 4.16. The lowest BCUT2D eigenvalue weighted by Gasteiger charge is -2.35. The van der Waals surface area contributed by atoms with Crippen LogP contribution in [0.25, 0.3) is 11.0 Å². The highest BCUT2D eigenvalue weighted by Gasteiger charge is 2.25. The topological polar surface area (TPSA) is 106 Å². The number of hydrogen-bond donors (Lipinski definition) is 4. The summed E-state index contributed by atoms with van der Waals surface area (Å²) in [6.45, 7) is 3.71. The van der Waals surface area contributed by atoms with Gasteiger partial charge in [0.15, 0.2) is 0 Å². The number of halogens is 1. The fourth-order valence-corrected chi connectivity index (χ4v) is 3.76. The Labute approximate surface area is 160 Å².